The van der Waals surface area contributed by atoms with Crippen molar-refractivity contribution in [2.24, 2.45) is 12.0 Å². The second-order valence-electron chi connectivity index (χ2n) is 4.17. The predicted molar refractivity (Wildman–Crippen MR) is 79.3 cm³/mol. The summed E-state index contributed by atoms with van der Waals surface area (Å²) < 4.78 is 11.9. The van der Waals surface area contributed by atoms with E-state index in [1.165, 1.54) is 11.5 Å². The van der Waals surface area contributed by atoms with E-state index < -0.39 is 0 Å². The Morgan fingerprint density at radius 1 is 1.00 bits per heavy atom. The number of hydrogen-bond donors (Lipinski definition) is 0. The molecule has 0 saturated heterocycles. The molecule has 0 amide bonds. The Morgan fingerprint density at radius 3 is 2.35 bits per heavy atom. The monoisotopic (exact) mass is 283 g/mol. The molecule has 1 heterocycles. The van der Waals surface area contributed by atoms with Crippen LogP contribution in [0.15, 0.2) is 65.7 Å². The largest absolute Gasteiger partial charge is 0.425 e. The third-order valence-corrected chi connectivity index (χ3v) is 3.49. The van der Waals surface area contributed by atoms with Gasteiger partial charge in [-0.25, -0.2) is 4.99 Å². The molecule has 0 aliphatic carbocycles. The maximum Gasteiger partial charge on any atom is 0.314 e. The number of hydrogen-bond acceptors (Lipinski definition) is 4. The number of rotatable bonds is 3. The van der Waals surface area contributed by atoms with Crippen molar-refractivity contribution in [1.29, 1.82) is 0 Å². The van der Waals surface area contributed by atoms with Crippen molar-refractivity contribution < 1.29 is 4.74 Å². The molecule has 0 spiro atoms. The molecule has 0 aliphatic rings. The van der Waals surface area contributed by atoms with Crippen LogP contribution in [0.3, 0.4) is 0 Å². The topological polar surface area (TPSA) is 39.4 Å². The van der Waals surface area contributed by atoms with Crippen LogP contribution in [-0.4, -0.2) is 8.94 Å². The molecule has 0 aliphatic heterocycles. The summed E-state index contributed by atoms with van der Waals surface area (Å²) in [7, 11) is 1.89. The minimum atomic E-state index is 0.538. The molecule has 0 saturated carbocycles. The predicted octanol–water partition coefficient (Wildman–Crippen LogP) is 3.51. The van der Waals surface area contributed by atoms with Gasteiger partial charge in [0.2, 0.25) is 4.80 Å². The van der Waals surface area contributed by atoms with E-state index in [-0.39, 0.29) is 0 Å². The summed E-state index contributed by atoms with van der Waals surface area (Å²) in [4.78, 5) is 5.34. The molecule has 0 N–H and O–H groups in total. The normalized spacial score (nSPS) is 11.6. The molecule has 0 unspecified atom stereocenters. The van der Waals surface area contributed by atoms with E-state index in [0.29, 0.717) is 6.01 Å². The summed E-state index contributed by atoms with van der Waals surface area (Å²) >= 11 is 1.31. The zero-order chi connectivity index (χ0) is 13.8. The van der Waals surface area contributed by atoms with E-state index in [9.17, 15) is 0 Å². The second kappa shape index (κ2) is 5.71. The Kier molecular flexibility index (Phi) is 3.60. The van der Waals surface area contributed by atoms with Crippen LogP contribution in [0.4, 0.5) is 5.69 Å². The average Bonchev–Trinajstić information content (AvgIpc) is 2.83. The summed E-state index contributed by atoms with van der Waals surface area (Å²) in [5, 5.41) is 0. The van der Waals surface area contributed by atoms with Crippen molar-refractivity contribution >= 4 is 17.2 Å². The number of nitrogens with zero attached hydrogens (tertiary/aromatic N) is 3. The van der Waals surface area contributed by atoms with Crippen LogP contribution < -0.4 is 9.54 Å². The molecule has 3 aromatic rings. The Labute approximate surface area is 120 Å². The van der Waals surface area contributed by atoms with Crippen molar-refractivity contribution in [3.63, 3.8) is 0 Å². The summed E-state index contributed by atoms with van der Waals surface area (Å²) in [6.07, 6.45) is 0. The molecule has 20 heavy (non-hydrogen) atoms. The fraction of sp³-hybridized carbons (Fsp3) is 0.0667. The molecule has 0 bridgehead atoms. The van der Waals surface area contributed by atoms with Gasteiger partial charge in [0.1, 0.15) is 5.75 Å². The third kappa shape index (κ3) is 2.78. The molecule has 4 nitrogen and oxygen atoms in total. The first-order chi connectivity index (χ1) is 9.83. The van der Waals surface area contributed by atoms with E-state index in [0.717, 1.165) is 16.2 Å². The SMILES string of the molecule is Cn1c(Oc2ccccc2)nsc1=Nc1ccccc1. The summed E-state index contributed by atoms with van der Waals surface area (Å²) in [5.74, 6) is 0.764. The Balaban J connectivity index is 1.91. The van der Waals surface area contributed by atoms with Crippen LogP contribution in [0.5, 0.6) is 11.8 Å². The number of para-hydroxylation sites is 2. The molecule has 0 radical (unpaired) electrons. The standard InChI is InChI=1S/C15H13N3OS/c1-18-14(19-13-10-6-3-7-11-13)17-20-15(18)16-12-8-4-2-5-9-12/h2-11H,1H3. The lowest BCUT2D eigenvalue weighted by Crippen LogP contribution is -2.10. The van der Waals surface area contributed by atoms with Gasteiger partial charge in [-0.1, -0.05) is 36.4 Å². The van der Waals surface area contributed by atoms with Gasteiger partial charge in [0, 0.05) is 18.6 Å². The van der Waals surface area contributed by atoms with Crippen LogP contribution in [0, 0.1) is 0 Å². The lowest BCUT2D eigenvalue weighted by atomic mass is 10.3. The fourth-order valence-electron chi connectivity index (χ4n) is 1.67. The fourth-order valence-corrected chi connectivity index (χ4v) is 2.34. The first kappa shape index (κ1) is 12.6. The van der Waals surface area contributed by atoms with Crippen LogP contribution >= 0.6 is 11.5 Å². The highest BCUT2D eigenvalue weighted by atomic mass is 32.1. The summed E-state index contributed by atoms with van der Waals surface area (Å²) in [5.41, 5.74) is 0.901. The minimum absolute atomic E-state index is 0.538. The Hall–Kier alpha value is -2.40. The summed E-state index contributed by atoms with van der Waals surface area (Å²) in [6.45, 7) is 0. The van der Waals surface area contributed by atoms with Gasteiger partial charge in [-0.15, -0.1) is 4.37 Å². The van der Waals surface area contributed by atoms with Crippen molar-refractivity contribution in [2.45, 2.75) is 0 Å². The van der Waals surface area contributed by atoms with E-state index >= 15 is 0 Å². The molecule has 2 aromatic carbocycles. The zero-order valence-electron chi connectivity index (χ0n) is 10.9. The van der Waals surface area contributed by atoms with E-state index in [1.54, 1.807) is 0 Å². The first-order valence-corrected chi connectivity index (χ1v) is 6.95. The van der Waals surface area contributed by atoms with Gasteiger partial charge in [0.15, 0.2) is 0 Å². The van der Waals surface area contributed by atoms with Crippen LogP contribution in [-0.2, 0) is 7.05 Å². The van der Waals surface area contributed by atoms with Crippen molar-refractivity contribution in [1.82, 2.24) is 8.94 Å². The van der Waals surface area contributed by atoms with Gasteiger partial charge >= 0.3 is 6.01 Å². The highest BCUT2D eigenvalue weighted by Gasteiger charge is 2.05. The van der Waals surface area contributed by atoms with E-state index in [2.05, 4.69) is 9.37 Å². The lowest BCUT2D eigenvalue weighted by molar-refractivity contribution is 0.423. The number of benzene rings is 2. The lowest BCUT2D eigenvalue weighted by Gasteiger charge is -2.03. The number of aromatic nitrogens is 2. The van der Waals surface area contributed by atoms with Crippen LogP contribution in [0.2, 0.25) is 0 Å². The van der Waals surface area contributed by atoms with Crippen molar-refractivity contribution in [3.05, 3.63) is 65.5 Å². The third-order valence-electron chi connectivity index (χ3n) is 2.71. The molecule has 100 valence electrons. The van der Waals surface area contributed by atoms with Crippen LogP contribution in [0.1, 0.15) is 0 Å². The smallest absolute Gasteiger partial charge is 0.314 e. The Morgan fingerprint density at radius 2 is 1.65 bits per heavy atom. The summed E-state index contributed by atoms with van der Waals surface area (Å²) in [6, 6.07) is 19.9. The molecular formula is C15H13N3OS. The van der Waals surface area contributed by atoms with Gasteiger partial charge < -0.3 is 4.74 Å². The van der Waals surface area contributed by atoms with Crippen molar-refractivity contribution in [3.8, 4) is 11.8 Å². The molecule has 3 rings (SSSR count). The second-order valence-corrected chi connectivity index (χ2v) is 4.90. The molecule has 0 fully saturated rings. The van der Waals surface area contributed by atoms with E-state index in [4.69, 9.17) is 4.74 Å². The highest BCUT2D eigenvalue weighted by Crippen LogP contribution is 2.18. The van der Waals surface area contributed by atoms with Crippen LogP contribution in [0.25, 0.3) is 0 Å². The Bertz CT molecular complexity index is 748. The number of ether oxygens (including phenoxy) is 1. The maximum atomic E-state index is 5.73. The molecule has 1 aromatic heterocycles. The van der Waals surface area contributed by atoms with E-state index in [1.807, 2.05) is 72.3 Å². The molecule has 5 heteroatoms. The van der Waals surface area contributed by atoms with Crippen molar-refractivity contribution in [2.75, 3.05) is 0 Å². The average molecular weight is 283 g/mol. The van der Waals surface area contributed by atoms with Gasteiger partial charge in [0.05, 0.1) is 5.69 Å². The quantitative estimate of drug-likeness (QED) is 0.738. The zero-order valence-corrected chi connectivity index (χ0v) is 11.7. The van der Waals surface area contributed by atoms with Gasteiger partial charge in [0.25, 0.3) is 0 Å². The van der Waals surface area contributed by atoms with Gasteiger partial charge in [-0.3, -0.25) is 4.57 Å². The highest BCUT2D eigenvalue weighted by molar-refractivity contribution is 7.02. The maximum absolute atomic E-state index is 5.73. The first-order valence-electron chi connectivity index (χ1n) is 6.18. The molecular weight excluding hydrogens is 270 g/mol. The van der Waals surface area contributed by atoms with Gasteiger partial charge in [-0.2, -0.15) is 0 Å². The molecule has 0 atom stereocenters. The minimum Gasteiger partial charge on any atom is -0.425 e. The van der Waals surface area contributed by atoms with Gasteiger partial charge in [-0.05, 0) is 24.3 Å².